The zero-order valence-electron chi connectivity index (χ0n) is 13.8. The smallest absolute Gasteiger partial charge is 0.340 e. The summed E-state index contributed by atoms with van der Waals surface area (Å²) in [6.07, 6.45) is 1.46. The summed E-state index contributed by atoms with van der Waals surface area (Å²) in [5, 5.41) is 6.35. The Morgan fingerprint density at radius 3 is 2.40 bits per heavy atom. The van der Waals surface area contributed by atoms with Crippen LogP contribution in [0.4, 0.5) is 23.0 Å². The number of nitrogens with one attached hydrogen (secondary N) is 2. The molecule has 0 unspecified atom stereocenters. The van der Waals surface area contributed by atoms with Gasteiger partial charge in [0.15, 0.2) is 0 Å². The molecule has 0 saturated carbocycles. The highest BCUT2D eigenvalue weighted by molar-refractivity contribution is 5.96. The Hall–Kier alpha value is -3.41. The van der Waals surface area contributed by atoms with E-state index in [2.05, 4.69) is 20.6 Å². The normalized spacial score (nSPS) is 10.1. The summed E-state index contributed by atoms with van der Waals surface area (Å²) in [6, 6.07) is 18.7. The van der Waals surface area contributed by atoms with Crippen LogP contribution in [-0.2, 0) is 4.74 Å². The van der Waals surface area contributed by atoms with Crippen molar-refractivity contribution < 1.29 is 9.53 Å². The number of nitrogens with zero attached hydrogens (tertiary/aromatic N) is 2. The van der Waals surface area contributed by atoms with Crippen LogP contribution in [-0.4, -0.2) is 22.5 Å². The lowest BCUT2D eigenvalue weighted by molar-refractivity contribution is 0.0527. The monoisotopic (exact) mass is 334 g/mol. The number of aromatic nitrogens is 2. The van der Waals surface area contributed by atoms with E-state index < -0.39 is 0 Å². The summed E-state index contributed by atoms with van der Waals surface area (Å²) >= 11 is 0. The third-order valence-electron chi connectivity index (χ3n) is 3.40. The zero-order valence-corrected chi connectivity index (χ0v) is 13.8. The first kappa shape index (κ1) is 16.4. The molecule has 3 rings (SSSR count). The SMILES string of the molecule is CCOC(=O)c1ccccc1Nc1cc(Nc2ccccc2)ncn1. The van der Waals surface area contributed by atoms with Gasteiger partial charge in [0.05, 0.1) is 17.9 Å². The van der Waals surface area contributed by atoms with Gasteiger partial charge in [-0.15, -0.1) is 0 Å². The predicted octanol–water partition coefficient (Wildman–Crippen LogP) is 4.14. The second-order valence-corrected chi connectivity index (χ2v) is 5.17. The fourth-order valence-corrected chi connectivity index (χ4v) is 2.28. The van der Waals surface area contributed by atoms with Gasteiger partial charge >= 0.3 is 5.97 Å². The van der Waals surface area contributed by atoms with Crippen molar-refractivity contribution >= 4 is 29.0 Å². The minimum absolute atomic E-state index is 0.325. The van der Waals surface area contributed by atoms with Gasteiger partial charge in [0.1, 0.15) is 18.0 Å². The minimum atomic E-state index is -0.373. The molecule has 2 N–H and O–H groups in total. The van der Waals surface area contributed by atoms with Crippen molar-refractivity contribution in [2.45, 2.75) is 6.92 Å². The van der Waals surface area contributed by atoms with Crippen LogP contribution in [0.5, 0.6) is 0 Å². The summed E-state index contributed by atoms with van der Waals surface area (Å²) in [4.78, 5) is 20.5. The standard InChI is InChI=1S/C19H18N4O2/c1-2-25-19(24)15-10-6-7-11-16(15)23-18-12-17(20-13-21-18)22-14-8-4-3-5-9-14/h3-13H,2H2,1H3,(H2,20,21,22,23). The van der Waals surface area contributed by atoms with Gasteiger partial charge < -0.3 is 15.4 Å². The highest BCUT2D eigenvalue weighted by atomic mass is 16.5. The summed E-state index contributed by atoms with van der Waals surface area (Å²) < 4.78 is 5.08. The largest absolute Gasteiger partial charge is 0.462 e. The molecule has 0 atom stereocenters. The van der Waals surface area contributed by atoms with Gasteiger partial charge in [0.25, 0.3) is 0 Å². The maximum absolute atomic E-state index is 12.1. The number of ether oxygens (including phenoxy) is 1. The van der Waals surface area contributed by atoms with Crippen LogP contribution in [0.1, 0.15) is 17.3 Å². The molecule has 1 aromatic heterocycles. The summed E-state index contributed by atoms with van der Waals surface area (Å²) in [5.41, 5.74) is 2.02. The highest BCUT2D eigenvalue weighted by Gasteiger charge is 2.12. The molecule has 0 aliphatic heterocycles. The van der Waals surface area contributed by atoms with Crippen LogP contribution in [0.3, 0.4) is 0 Å². The van der Waals surface area contributed by atoms with Gasteiger partial charge in [-0.05, 0) is 31.2 Å². The second-order valence-electron chi connectivity index (χ2n) is 5.17. The molecule has 0 spiro atoms. The van der Waals surface area contributed by atoms with Crippen LogP contribution in [0.15, 0.2) is 67.0 Å². The number of hydrogen-bond donors (Lipinski definition) is 2. The number of carbonyl (C=O) groups excluding carboxylic acids is 1. The average Bonchev–Trinajstić information content (AvgIpc) is 2.63. The molecule has 0 amide bonds. The van der Waals surface area contributed by atoms with Crippen molar-refractivity contribution in [1.29, 1.82) is 0 Å². The van der Waals surface area contributed by atoms with Gasteiger partial charge in [0.2, 0.25) is 0 Å². The number of hydrogen-bond acceptors (Lipinski definition) is 6. The molecule has 0 aliphatic rings. The fraction of sp³-hybridized carbons (Fsp3) is 0.105. The van der Waals surface area contributed by atoms with E-state index in [4.69, 9.17) is 4.74 Å². The number of rotatable bonds is 6. The maximum atomic E-state index is 12.1. The molecule has 0 saturated heterocycles. The first-order valence-electron chi connectivity index (χ1n) is 7.93. The Morgan fingerprint density at radius 1 is 0.960 bits per heavy atom. The number of carbonyl (C=O) groups is 1. The lowest BCUT2D eigenvalue weighted by Gasteiger charge is -2.11. The molecule has 3 aromatic rings. The molecule has 6 heteroatoms. The van der Waals surface area contributed by atoms with Crippen molar-refractivity contribution in [3.05, 3.63) is 72.6 Å². The van der Waals surface area contributed by atoms with Gasteiger partial charge in [-0.25, -0.2) is 14.8 Å². The molecule has 1 heterocycles. The average molecular weight is 334 g/mol. The van der Waals surface area contributed by atoms with Crippen molar-refractivity contribution in [2.24, 2.45) is 0 Å². The van der Waals surface area contributed by atoms with Crippen molar-refractivity contribution in [2.75, 3.05) is 17.2 Å². The van der Waals surface area contributed by atoms with Gasteiger partial charge in [-0.1, -0.05) is 30.3 Å². The third kappa shape index (κ3) is 4.32. The molecule has 126 valence electrons. The Kier molecular flexibility index (Phi) is 5.21. The van der Waals surface area contributed by atoms with Crippen LogP contribution < -0.4 is 10.6 Å². The molecule has 0 radical (unpaired) electrons. The molecule has 0 fully saturated rings. The Labute approximate surface area is 145 Å². The molecular formula is C19H18N4O2. The van der Waals surface area contributed by atoms with Gasteiger partial charge in [-0.2, -0.15) is 0 Å². The number of esters is 1. The van der Waals surface area contributed by atoms with Crippen LogP contribution >= 0.6 is 0 Å². The van der Waals surface area contributed by atoms with Gasteiger partial charge in [-0.3, -0.25) is 0 Å². The van der Waals surface area contributed by atoms with Crippen LogP contribution in [0, 0.1) is 0 Å². The summed E-state index contributed by atoms with van der Waals surface area (Å²) in [7, 11) is 0. The quantitative estimate of drug-likeness (QED) is 0.660. The Bertz CT molecular complexity index is 853. The maximum Gasteiger partial charge on any atom is 0.340 e. The van der Waals surface area contributed by atoms with Crippen molar-refractivity contribution in [3.63, 3.8) is 0 Å². The zero-order chi connectivity index (χ0) is 17.5. The molecule has 0 aliphatic carbocycles. The number of para-hydroxylation sites is 2. The lowest BCUT2D eigenvalue weighted by atomic mass is 10.2. The van der Waals surface area contributed by atoms with E-state index in [0.717, 1.165) is 5.69 Å². The topological polar surface area (TPSA) is 76.1 Å². The van der Waals surface area contributed by atoms with E-state index in [-0.39, 0.29) is 5.97 Å². The highest BCUT2D eigenvalue weighted by Crippen LogP contribution is 2.22. The predicted molar refractivity (Wildman–Crippen MR) is 97.4 cm³/mol. The summed E-state index contributed by atoms with van der Waals surface area (Å²) in [5.74, 6) is 0.852. The van der Waals surface area contributed by atoms with Crippen LogP contribution in [0.25, 0.3) is 0 Å². The molecule has 2 aromatic carbocycles. The van der Waals surface area contributed by atoms with Gasteiger partial charge in [0, 0.05) is 11.8 Å². The lowest BCUT2D eigenvalue weighted by Crippen LogP contribution is -2.08. The fourth-order valence-electron chi connectivity index (χ4n) is 2.28. The number of benzene rings is 2. The second kappa shape index (κ2) is 7.92. The van der Waals surface area contributed by atoms with E-state index in [9.17, 15) is 4.79 Å². The molecule has 6 nitrogen and oxygen atoms in total. The first-order valence-corrected chi connectivity index (χ1v) is 7.93. The Balaban J connectivity index is 1.80. The van der Waals surface area contributed by atoms with E-state index in [1.807, 2.05) is 36.4 Å². The Morgan fingerprint density at radius 2 is 1.64 bits per heavy atom. The third-order valence-corrected chi connectivity index (χ3v) is 3.40. The van der Waals surface area contributed by atoms with E-state index in [0.29, 0.717) is 29.5 Å². The minimum Gasteiger partial charge on any atom is -0.462 e. The molecule has 25 heavy (non-hydrogen) atoms. The van der Waals surface area contributed by atoms with E-state index in [1.165, 1.54) is 6.33 Å². The van der Waals surface area contributed by atoms with Crippen LogP contribution in [0.2, 0.25) is 0 Å². The van der Waals surface area contributed by atoms with Crippen molar-refractivity contribution in [3.8, 4) is 0 Å². The molecule has 0 bridgehead atoms. The van der Waals surface area contributed by atoms with E-state index >= 15 is 0 Å². The number of anilines is 4. The van der Waals surface area contributed by atoms with Crippen molar-refractivity contribution in [1.82, 2.24) is 9.97 Å². The first-order chi connectivity index (χ1) is 12.3. The summed E-state index contributed by atoms with van der Waals surface area (Å²) in [6.45, 7) is 2.10. The molecular weight excluding hydrogens is 316 g/mol. The van der Waals surface area contributed by atoms with E-state index in [1.54, 1.807) is 31.2 Å².